The summed E-state index contributed by atoms with van der Waals surface area (Å²) in [5, 5.41) is 3.60. The maximum Gasteiger partial charge on any atom is 0.0722 e. The summed E-state index contributed by atoms with van der Waals surface area (Å²) < 4.78 is 4.54. The summed E-state index contributed by atoms with van der Waals surface area (Å²) in [6, 6.07) is 46.2. The summed E-state index contributed by atoms with van der Waals surface area (Å²) in [5.41, 5.74) is 8.44. The molecular formula is C37H27N3. The molecule has 5 aromatic carbocycles. The van der Waals surface area contributed by atoms with Crippen LogP contribution >= 0.6 is 0 Å². The Morgan fingerprint density at radius 2 is 1.32 bits per heavy atom. The van der Waals surface area contributed by atoms with Gasteiger partial charge in [-0.25, -0.2) is 0 Å². The first-order chi connectivity index (χ1) is 19.8. The van der Waals surface area contributed by atoms with E-state index in [1.807, 2.05) is 42.6 Å². The maximum absolute atomic E-state index is 4.91. The summed E-state index contributed by atoms with van der Waals surface area (Å²) >= 11 is 0. The van der Waals surface area contributed by atoms with Crippen molar-refractivity contribution in [2.45, 2.75) is 0 Å². The summed E-state index contributed by atoms with van der Waals surface area (Å²) in [4.78, 5) is 4.91. The number of benzene rings is 5. The highest BCUT2D eigenvalue weighted by molar-refractivity contribution is 6.21. The second-order valence-electron chi connectivity index (χ2n) is 9.83. The molecule has 0 spiro atoms. The molecule has 0 N–H and O–H groups in total. The Kier molecular flexibility index (Phi) is 5.95. The molecule has 7 rings (SSSR count). The zero-order chi connectivity index (χ0) is 26.9. The molecule has 0 atom stereocenters. The number of rotatable bonds is 6. The van der Waals surface area contributed by atoms with Crippen LogP contribution in [-0.4, -0.2) is 15.3 Å². The molecular weight excluding hydrogens is 486 g/mol. The number of fused-ring (bicyclic) bond motifs is 5. The summed E-state index contributed by atoms with van der Waals surface area (Å²) in [5.74, 6) is 0. The third-order valence-electron chi connectivity index (χ3n) is 7.34. The summed E-state index contributed by atoms with van der Waals surface area (Å²) in [6.07, 6.45) is 6.09. The van der Waals surface area contributed by atoms with Gasteiger partial charge in [-0.2, -0.15) is 0 Å². The van der Waals surface area contributed by atoms with Crippen molar-refractivity contribution in [3.05, 3.63) is 163 Å². The fourth-order valence-corrected chi connectivity index (χ4v) is 5.49. The van der Waals surface area contributed by atoms with Crippen LogP contribution in [0.1, 0.15) is 11.1 Å². The van der Waals surface area contributed by atoms with Crippen LogP contribution in [0.5, 0.6) is 0 Å². The SMILES string of the molecule is C=C(/C=C(\N=Cc1ccccc1)c1ccccc1)n1ccc2ccc3c(c4ccccc4n3-c3ccccc3)c21. The largest absolute Gasteiger partial charge is 0.316 e. The number of allylic oxidation sites excluding steroid dienone is 2. The molecule has 0 amide bonds. The molecule has 0 radical (unpaired) electrons. The van der Waals surface area contributed by atoms with Gasteiger partial charge in [-0.3, -0.25) is 4.99 Å². The van der Waals surface area contributed by atoms with Gasteiger partial charge in [0, 0.05) is 45.5 Å². The fraction of sp³-hybridized carbons (Fsp3) is 0. The van der Waals surface area contributed by atoms with Crippen LogP contribution in [0.3, 0.4) is 0 Å². The third-order valence-corrected chi connectivity index (χ3v) is 7.34. The first kappa shape index (κ1) is 23.7. The van der Waals surface area contributed by atoms with Crippen LogP contribution < -0.4 is 0 Å². The van der Waals surface area contributed by atoms with Gasteiger partial charge in [-0.05, 0) is 42.0 Å². The van der Waals surface area contributed by atoms with E-state index in [1.54, 1.807) is 0 Å². The first-order valence-electron chi connectivity index (χ1n) is 13.4. The number of aromatic nitrogens is 2. The van der Waals surface area contributed by atoms with Crippen molar-refractivity contribution in [3.8, 4) is 5.69 Å². The number of hydrogen-bond acceptors (Lipinski definition) is 1. The highest BCUT2D eigenvalue weighted by atomic mass is 15.0. The quantitative estimate of drug-likeness (QED) is 0.156. The average Bonchev–Trinajstić information content (AvgIpc) is 3.60. The van der Waals surface area contributed by atoms with E-state index in [1.165, 1.54) is 27.2 Å². The average molecular weight is 514 g/mol. The highest BCUT2D eigenvalue weighted by Gasteiger charge is 2.17. The lowest BCUT2D eigenvalue weighted by Gasteiger charge is -2.10. The minimum atomic E-state index is 0.850. The Morgan fingerprint density at radius 3 is 2.10 bits per heavy atom. The van der Waals surface area contributed by atoms with Gasteiger partial charge in [-0.1, -0.05) is 110 Å². The highest BCUT2D eigenvalue weighted by Crippen LogP contribution is 2.38. The zero-order valence-electron chi connectivity index (χ0n) is 22.0. The standard InChI is InChI=1S/C37H27N3/c1-27(25-33(29-15-7-3-8-16-29)38-26-28-13-5-2-6-14-28)39-24-23-30-21-22-35-36(37(30)39)32-19-11-12-20-34(32)40(35)31-17-9-4-10-18-31/h2-26H,1H2/b33-25-,38-26?. The smallest absolute Gasteiger partial charge is 0.0722 e. The minimum absolute atomic E-state index is 0.850. The molecule has 3 nitrogen and oxygen atoms in total. The zero-order valence-corrected chi connectivity index (χ0v) is 22.0. The van der Waals surface area contributed by atoms with Crippen LogP contribution in [0.2, 0.25) is 0 Å². The molecule has 190 valence electrons. The van der Waals surface area contributed by atoms with Gasteiger partial charge in [0.2, 0.25) is 0 Å². The van der Waals surface area contributed by atoms with E-state index in [2.05, 4.69) is 125 Å². The topological polar surface area (TPSA) is 22.2 Å². The van der Waals surface area contributed by atoms with Crippen molar-refractivity contribution in [1.29, 1.82) is 0 Å². The second kappa shape index (κ2) is 10.0. The number of aliphatic imine (C=N–C) groups is 1. The van der Waals surface area contributed by atoms with E-state index in [-0.39, 0.29) is 0 Å². The first-order valence-corrected chi connectivity index (χ1v) is 13.4. The lowest BCUT2D eigenvalue weighted by atomic mass is 10.1. The van der Waals surface area contributed by atoms with Gasteiger partial charge in [0.05, 0.1) is 22.2 Å². The molecule has 0 aliphatic carbocycles. The van der Waals surface area contributed by atoms with Gasteiger partial charge in [0.1, 0.15) is 0 Å². The van der Waals surface area contributed by atoms with Crippen molar-refractivity contribution < 1.29 is 0 Å². The van der Waals surface area contributed by atoms with Crippen LogP contribution in [0.25, 0.3) is 49.8 Å². The fourth-order valence-electron chi connectivity index (χ4n) is 5.49. The Labute approximate surface area is 233 Å². The van der Waals surface area contributed by atoms with E-state index in [4.69, 9.17) is 4.99 Å². The minimum Gasteiger partial charge on any atom is -0.316 e. The Balaban J connectivity index is 1.43. The number of nitrogens with zero attached hydrogens (tertiary/aromatic N) is 3. The summed E-state index contributed by atoms with van der Waals surface area (Å²) in [7, 11) is 0. The molecule has 0 saturated heterocycles. The second-order valence-corrected chi connectivity index (χ2v) is 9.83. The van der Waals surface area contributed by atoms with E-state index >= 15 is 0 Å². The molecule has 0 bridgehead atoms. The van der Waals surface area contributed by atoms with Crippen LogP contribution in [0.15, 0.2) is 157 Å². The molecule has 2 heterocycles. The Hall–Kier alpha value is -5.41. The van der Waals surface area contributed by atoms with Crippen molar-refractivity contribution in [2.75, 3.05) is 0 Å². The lowest BCUT2D eigenvalue weighted by molar-refractivity contribution is 1.18. The molecule has 0 unspecified atom stereocenters. The Morgan fingerprint density at radius 1 is 0.650 bits per heavy atom. The maximum atomic E-state index is 4.91. The van der Waals surface area contributed by atoms with Gasteiger partial charge in [-0.15, -0.1) is 0 Å². The molecule has 0 fully saturated rings. The normalized spacial score (nSPS) is 12.2. The molecule has 3 heteroatoms. The van der Waals surface area contributed by atoms with E-state index < -0.39 is 0 Å². The van der Waals surface area contributed by atoms with Crippen molar-refractivity contribution in [1.82, 2.24) is 9.13 Å². The van der Waals surface area contributed by atoms with Crippen molar-refractivity contribution in [3.63, 3.8) is 0 Å². The molecule has 2 aromatic heterocycles. The van der Waals surface area contributed by atoms with E-state index in [0.717, 1.165) is 33.7 Å². The van der Waals surface area contributed by atoms with Crippen molar-refractivity contribution in [2.24, 2.45) is 4.99 Å². The van der Waals surface area contributed by atoms with Crippen molar-refractivity contribution >= 4 is 50.3 Å². The number of para-hydroxylation sites is 2. The molecule has 40 heavy (non-hydrogen) atoms. The number of hydrogen-bond donors (Lipinski definition) is 0. The summed E-state index contributed by atoms with van der Waals surface area (Å²) in [6.45, 7) is 4.53. The van der Waals surface area contributed by atoms with Gasteiger partial charge < -0.3 is 9.13 Å². The predicted molar refractivity (Wildman–Crippen MR) is 170 cm³/mol. The van der Waals surface area contributed by atoms with Crippen LogP contribution in [-0.2, 0) is 0 Å². The molecule has 7 aromatic rings. The lowest BCUT2D eigenvalue weighted by Crippen LogP contribution is -1.95. The van der Waals surface area contributed by atoms with Gasteiger partial charge in [0.25, 0.3) is 0 Å². The third kappa shape index (κ3) is 4.14. The van der Waals surface area contributed by atoms with Gasteiger partial charge >= 0.3 is 0 Å². The monoisotopic (exact) mass is 513 g/mol. The van der Waals surface area contributed by atoms with E-state index in [9.17, 15) is 0 Å². The molecule has 0 aliphatic rings. The predicted octanol–water partition coefficient (Wildman–Crippen LogP) is 9.37. The van der Waals surface area contributed by atoms with Crippen LogP contribution in [0.4, 0.5) is 0 Å². The van der Waals surface area contributed by atoms with E-state index in [0.29, 0.717) is 0 Å². The van der Waals surface area contributed by atoms with Gasteiger partial charge in [0.15, 0.2) is 0 Å². The molecule has 0 saturated carbocycles. The molecule has 0 aliphatic heterocycles. The Bertz CT molecular complexity index is 2040. The van der Waals surface area contributed by atoms with Crippen LogP contribution in [0, 0.1) is 0 Å².